The van der Waals surface area contributed by atoms with E-state index in [0.29, 0.717) is 22.9 Å². The average molecular weight is 320 g/mol. The van der Waals surface area contributed by atoms with Crippen molar-refractivity contribution in [3.63, 3.8) is 0 Å². The molecule has 17 heavy (non-hydrogen) atoms. The fourth-order valence-electron chi connectivity index (χ4n) is 1.27. The van der Waals surface area contributed by atoms with Crippen LogP contribution in [-0.4, -0.2) is 19.7 Å². The van der Waals surface area contributed by atoms with E-state index in [1.54, 1.807) is 32.2 Å². The highest BCUT2D eigenvalue weighted by atomic mass is 79.9. The van der Waals surface area contributed by atoms with E-state index in [1.807, 2.05) is 0 Å². The number of rotatable bonds is 4. The van der Waals surface area contributed by atoms with Gasteiger partial charge in [0, 0.05) is 16.7 Å². The number of halogens is 2. The summed E-state index contributed by atoms with van der Waals surface area (Å²) in [5.74, 6) is 0.223. The van der Waals surface area contributed by atoms with E-state index in [4.69, 9.17) is 21.1 Å². The molecule has 0 saturated carbocycles. The molecule has 0 heterocycles. The Morgan fingerprint density at radius 3 is 2.82 bits per heavy atom. The van der Waals surface area contributed by atoms with E-state index in [2.05, 4.69) is 15.9 Å². The van der Waals surface area contributed by atoms with Crippen LogP contribution in [0.3, 0.4) is 0 Å². The van der Waals surface area contributed by atoms with Crippen molar-refractivity contribution in [2.24, 2.45) is 0 Å². The van der Waals surface area contributed by atoms with Crippen LogP contribution in [0.1, 0.15) is 12.5 Å². The van der Waals surface area contributed by atoms with Gasteiger partial charge in [-0.05, 0) is 41.1 Å². The highest BCUT2D eigenvalue weighted by molar-refractivity contribution is 9.10. The summed E-state index contributed by atoms with van der Waals surface area (Å²) in [7, 11) is 1.55. The monoisotopic (exact) mass is 318 g/mol. The molecule has 0 saturated heterocycles. The predicted molar refractivity (Wildman–Crippen MR) is 71.4 cm³/mol. The predicted octanol–water partition coefficient (Wildman–Crippen LogP) is 3.69. The third-order valence-electron chi connectivity index (χ3n) is 1.93. The fraction of sp³-hybridized carbons (Fsp3) is 0.250. The van der Waals surface area contributed by atoms with E-state index in [1.165, 1.54) is 6.08 Å². The smallest absolute Gasteiger partial charge is 0.330 e. The normalized spacial score (nSPS) is 10.6. The van der Waals surface area contributed by atoms with Crippen LogP contribution in [0.5, 0.6) is 5.75 Å². The van der Waals surface area contributed by atoms with Gasteiger partial charge < -0.3 is 9.47 Å². The first-order chi connectivity index (χ1) is 8.08. The van der Waals surface area contributed by atoms with E-state index in [9.17, 15) is 4.79 Å². The minimum atomic E-state index is -0.398. The molecule has 1 aromatic carbocycles. The molecule has 0 aliphatic heterocycles. The van der Waals surface area contributed by atoms with Crippen LogP contribution < -0.4 is 4.74 Å². The summed E-state index contributed by atoms with van der Waals surface area (Å²) in [6, 6.07) is 3.43. The first kappa shape index (κ1) is 14.1. The van der Waals surface area contributed by atoms with Crippen molar-refractivity contribution >= 4 is 39.6 Å². The Bertz CT molecular complexity index is 444. The van der Waals surface area contributed by atoms with Crippen molar-refractivity contribution in [2.75, 3.05) is 13.7 Å². The summed E-state index contributed by atoms with van der Waals surface area (Å²) in [5, 5.41) is 0.557. The summed E-state index contributed by atoms with van der Waals surface area (Å²) in [4.78, 5) is 11.2. The largest absolute Gasteiger partial charge is 0.495 e. The van der Waals surface area contributed by atoms with Crippen molar-refractivity contribution in [3.05, 3.63) is 33.3 Å². The summed E-state index contributed by atoms with van der Waals surface area (Å²) < 4.78 is 10.7. The van der Waals surface area contributed by atoms with E-state index in [-0.39, 0.29) is 0 Å². The first-order valence-corrected chi connectivity index (χ1v) is 6.13. The van der Waals surface area contributed by atoms with Crippen LogP contribution in [0.4, 0.5) is 0 Å². The Morgan fingerprint density at radius 2 is 2.24 bits per heavy atom. The quantitative estimate of drug-likeness (QED) is 0.627. The lowest BCUT2D eigenvalue weighted by Crippen LogP contribution is -1.99. The lowest BCUT2D eigenvalue weighted by atomic mass is 10.2. The van der Waals surface area contributed by atoms with E-state index >= 15 is 0 Å². The highest BCUT2D eigenvalue weighted by Gasteiger charge is 2.07. The average Bonchev–Trinajstić information content (AvgIpc) is 2.26. The number of ether oxygens (including phenoxy) is 2. The van der Waals surface area contributed by atoms with Gasteiger partial charge in [-0.25, -0.2) is 4.79 Å². The van der Waals surface area contributed by atoms with Crippen molar-refractivity contribution in [1.29, 1.82) is 0 Å². The second kappa shape index (κ2) is 6.67. The maximum absolute atomic E-state index is 11.2. The number of carbonyl (C=O) groups is 1. The van der Waals surface area contributed by atoms with E-state index < -0.39 is 5.97 Å². The summed E-state index contributed by atoms with van der Waals surface area (Å²) >= 11 is 9.26. The van der Waals surface area contributed by atoms with Crippen LogP contribution >= 0.6 is 27.5 Å². The van der Waals surface area contributed by atoms with Gasteiger partial charge in [0.25, 0.3) is 0 Å². The molecule has 0 aromatic heterocycles. The van der Waals surface area contributed by atoms with Gasteiger partial charge in [-0.15, -0.1) is 0 Å². The lowest BCUT2D eigenvalue weighted by Gasteiger charge is -2.07. The molecule has 0 atom stereocenters. The van der Waals surface area contributed by atoms with Gasteiger partial charge in [0.15, 0.2) is 0 Å². The molecule has 0 radical (unpaired) electrons. The van der Waals surface area contributed by atoms with Gasteiger partial charge in [-0.1, -0.05) is 11.6 Å². The van der Waals surface area contributed by atoms with Crippen LogP contribution in [-0.2, 0) is 9.53 Å². The number of hydrogen-bond donors (Lipinski definition) is 0. The summed E-state index contributed by atoms with van der Waals surface area (Å²) in [5.41, 5.74) is 0.708. The maximum Gasteiger partial charge on any atom is 0.330 e. The second-order valence-electron chi connectivity index (χ2n) is 3.10. The molecule has 0 N–H and O–H groups in total. The van der Waals surface area contributed by atoms with E-state index in [0.717, 1.165) is 4.47 Å². The third kappa shape index (κ3) is 4.06. The Hall–Kier alpha value is -1.00. The third-order valence-corrected chi connectivity index (χ3v) is 2.73. The first-order valence-electron chi connectivity index (χ1n) is 4.96. The van der Waals surface area contributed by atoms with Crippen molar-refractivity contribution in [1.82, 2.24) is 0 Å². The zero-order valence-electron chi connectivity index (χ0n) is 9.50. The van der Waals surface area contributed by atoms with Gasteiger partial charge in [0.1, 0.15) is 5.75 Å². The summed E-state index contributed by atoms with van der Waals surface area (Å²) in [6.07, 6.45) is 2.94. The number of benzene rings is 1. The second-order valence-corrected chi connectivity index (χ2v) is 4.39. The molecule has 1 aromatic rings. The molecule has 92 valence electrons. The molecule has 0 fully saturated rings. The minimum absolute atomic E-state index is 0.347. The molecule has 0 aliphatic carbocycles. The molecule has 3 nitrogen and oxygen atoms in total. The van der Waals surface area contributed by atoms with Crippen LogP contribution in [0.2, 0.25) is 5.02 Å². The standard InChI is InChI=1S/C12H12BrClO3/c1-3-17-11(15)5-4-8-6-9(14)7-10(13)12(8)16-2/h4-7H,3H2,1-2H3. The van der Waals surface area contributed by atoms with Crippen molar-refractivity contribution in [2.45, 2.75) is 6.92 Å². The summed E-state index contributed by atoms with van der Waals surface area (Å²) in [6.45, 7) is 2.10. The van der Waals surface area contributed by atoms with Gasteiger partial charge >= 0.3 is 5.97 Å². The van der Waals surface area contributed by atoms with Crippen molar-refractivity contribution in [3.8, 4) is 5.75 Å². The molecule has 5 heteroatoms. The number of esters is 1. The van der Waals surface area contributed by atoms with Gasteiger partial charge in [0.05, 0.1) is 18.2 Å². The number of hydrogen-bond acceptors (Lipinski definition) is 3. The van der Waals surface area contributed by atoms with Crippen molar-refractivity contribution < 1.29 is 14.3 Å². The Morgan fingerprint density at radius 1 is 1.53 bits per heavy atom. The fourth-order valence-corrected chi connectivity index (χ4v) is 2.26. The molecule has 0 bridgehead atoms. The molecule has 0 unspecified atom stereocenters. The molecule has 0 amide bonds. The Balaban J connectivity index is 3.01. The highest BCUT2D eigenvalue weighted by Crippen LogP contribution is 2.33. The number of methoxy groups -OCH3 is 1. The van der Waals surface area contributed by atoms with Crippen LogP contribution in [0, 0.1) is 0 Å². The Labute approximate surface area is 113 Å². The van der Waals surface area contributed by atoms with Gasteiger partial charge in [-0.3, -0.25) is 0 Å². The zero-order chi connectivity index (χ0) is 12.8. The maximum atomic E-state index is 11.2. The minimum Gasteiger partial charge on any atom is -0.495 e. The topological polar surface area (TPSA) is 35.5 Å². The van der Waals surface area contributed by atoms with Gasteiger partial charge in [0.2, 0.25) is 0 Å². The molecule has 0 aliphatic rings. The molecule has 0 spiro atoms. The van der Waals surface area contributed by atoms with Crippen LogP contribution in [0.15, 0.2) is 22.7 Å². The Kier molecular flexibility index (Phi) is 5.51. The molecular weight excluding hydrogens is 307 g/mol. The molecule has 1 rings (SSSR count). The van der Waals surface area contributed by atoms with Crippen LogP contribution in [0.25, 0.3) is 6.08 Å². The lowest BCUT2D eigenvalue weighted by molar-refractivity contribution is -0.137. The number of carbonyl (C=O) groups excluding carboxylic acids is 1. The van der Waals surface area contributed by atoms with Gasteiger partial charge in [-0.2, -0.15) is 0 Å². The SMILES string of the molecule is CCOC(=O)C=Cc1cc(Cl)cc(Br)c1OC. The zero-order valence-corrected chi connectivity index (χ0v) is 11.8. The molecular formula is C12H12BrClO3.